The molecule has 2 aromatic heterocycles. The number of nitrogens with two attached hydrogens (primary N) is 1. The molecule has 7 nitrogen and oxygen atoms in total. The van der Waals surface area contributed by atoms with E-state index in [1.807, 2.05) is 0 Å². The third kappa shape index (κ3) is 2.40. The molecule has 2 aromatic rings. The van der Waals surface area contributed by atoms with Gasteiger partial charge in [-0.2, -0.15) is 0 Å². The van der Waals surface area contributed by atoms with Gasteiger partial charge in [0, 0.05) is 5.69 Å². The van der Waals surface area contributed by atoms with E-state index in [0.717, 1.165) is 0 Å². The van der Waals surface area contributed by atoms with Gasteiger partial charge in [-0.15, -0.1) is 0 Å². The number of nitrogens with zero attached hydrogens (tertiary/aromatic N) is 2. The van der Waals surface area contributed by atoms with Crippen LogP contribution in [0.15, 0.2) is 10.6 Å². The van der Waals surface area contributed by atoms with Crippen LogP contribution in [0.1, 0.15) is 28.7 Å². The number of fused-ring (bicyclic) bond motifs is 1. The monoisotopic (exact) mass is 263 g/mol. The largest absolute Gasteiger partial charge is 0.449 e. The van der Waals surface area contributed by atoms with E-state index in [4.69, 9.17) is 15.0 Å². The topological polar surface area (TPSA) is 108 Å². The van der Waals surface area contributed by atoms with Crippen molar-refractivity contribution in [1.29, 1.82) is 0 Å². The Hall–Kier alpha value is -2.44. The molecule has 100 valence electrons. The van der Waals surface area contributed by atoms with Gasteiger partial charge in [-0.05, 0) is 26.8 Å². The van der Waals surface area contributed by atoms with E-state index in [-0.39, 0.29) is 11.3 Å². The van der Waals surface area contributed by atoms with Gasteiger partial charge in [0.25, 0.3) is 11.6 Å². The number of esters is 1. The summed E-state index contributed by atoms with van der Waals surface area (Å²) in [5.41, 5.74) is 6.69. The number of hydrogen-bond donors (Lipinski definition) is 1. The quantitative estimate of drug-likeness (QED) is 0.823. The third-order valence-electron chi connectivity index (χ3n) is 2.65. The van der Waals surface area contributed by atoms with E-state index in [1.165, 1.54) is 6.92 Å². The van der Waals surface area contributed by atoms with Crippen molar-refractivity contribution in [3.63, 3.8) is 0 Å². The average Bonchev–Trinajstić information content (AvgIpc) is 2.69. The number of amides is 1. The molecule has 0 saturated heterocycles. The molecule has 2 heterocycles. The number of aryl methyl sites for hydroxylation is 2. The Morgan fingerprint density at radius 3 is 2.74 bits per heavy atom. The van der Waals surface area contributed by atoms with E-state index in [1.54, 1.807) is 19.9 Å². The van der Waals surface area contributed by atoms with Crippen molar-refractivity contribution in [1.82, 2.24) is 10.1 Å². The number of primary amides is 1. The van der Waals surface area contributed by atoms with Crippen molar-refractivity contribution in [2.75, 3.05) is 0 Å². The lowest BCUT2D eigenvalue weighted by atomic mass is 10.1. The minimum atomic E-state index is -1.00. The van der Waals surface area contributed by atoms with Crippen LogP contribution in [0.4, 0.5) is 0 Å². The summed E-state index contributed by atoms with van der Waals surface area (Å²) < 4.78 is 9.99. The minimum absolute atomic E-state index is 0.259. The van der Waals surface area contributed by atoms with Gasteiger partial charge in [-0.3, -0.25) is 4.79 Å². The van der Waals surface area contributed by atoms with Gasteiger partial charge in [0.05, 0.1) is 16.6 Å². The maximum Gasteiger partial charge on any atom is 0.339 e. The summed E-state index contributed by atoms with van der Waals surface area (Å²) in [6.07, 6.45) is -1.00. The zero-order chi connectivity index (χ0) is 14.2. The Morgan fingerprint density at radius 1 is 1.42 bits per heavy atom. The van der Waals surface area contributed by atoms with Crippen molar-refractivity contribution >= 4 is 23.0 Å². The predicted molar refractivity (Wildman–Crippen MR) is 65.3 cm³/mol. The number of aromatic nitrogens is 2. The molecule has 0 spiro atoms. The molecule has 0 fully saturated rings. The lowest BCUT2D eigenvalue weighted by Crippen LogP contribution is -2.30. The van der Waals surface area contributed by atoms with Crippen LogP contribution in [0.3, 0.4) is 0 Å². The molecule has 0 aromatic carbocycles. The van der Waals surface area contributed by atoms with Crippen molar-refractivity contribution in [3.05, 3.63) is 23.0 Å². The molecule has 0 saturated carbocycles. The molecule has 0 radical (unpaired) electrons. The van der Waals surface area contributed by atoms with Crippen LogP contribution < -0.4 is 5.73 Å². The molecule has 1 amide bonds. The molecule has 0 unspecified atom stereocenters. The van der Waals surface area contributed by atoms with Gasteiger partial charge in [0.2, 0.25) is 0 Å². The van der Waals surface area contributed by atoms with Crippen LogP contribution in [0, 0.1) is 13.8 Å². The number of ether oxygens (including phenoxy) is 1. The van der Waals surface area contributed by atoms with Crippen LogP contribution in [0.5, 0.6) is 0 Å². The fourth-order valence-electron chi connectivity index (χ4n) is 1.66. The molecule has 0 aliphatic heterocycles. The van der Waals surface area contributed by atoms with E-state index in [9.17, 15) is 9.59 Å². The van der Waals surface area contributed by atoms with E-state index in [0.29, 0.717) is 16.8 Å². The highest BCUT2D eigenvalue weighted by Gasteiger charge is 2.22. The van der Waals surface area contributed by atoms with Crippen molar-refractivity contribution in [3.8, 4) is 0 Å². The maximum absolute atomic E-state index is 12.0. The van der Waals surface area contributed by atoms with Crippen LogP contribution in [0.25, 0.3) is 11.1 Å². The Balaban J connectivity index is 2.46. The summed E-state index contributed by atoms with van der Waals surface area (Å²) in [5.74, 6) is -1.37. The first-order valence-electron chi connectivity index (χ1n) is 5.64. The molecule has 2 N–H and O–H groups in total. The number of pyridine rings is 1. The molecule has 0 aliphatic carbocycles. The summed E-state index contributed by atoms with van der Waals surface area (Å²) in [4.78, 5) is 27.1. The van der Waals surface area contributed by atoms with Gasteiger partial charge in [-0.1, -0.05) is 5.16 Å². The first-order chi connectivity index (χ1) is 8.90. The molecular formula is C12H13N3O4. The lowest BCUT2D eigenvalue weighted by molar-refractivity contribution is -0.125. The predicted octanol–water partition coefficient (Wildman–Crippen LogP) is 0.870. The van der Waals surface area contributed by atoms with E-state index < -0.39 is 18.0 Å². The molecule has 0 aliphatic rings. The Labute approximate surface area is 108 Å². The van der Waals surface area contributed by atoms with E-state index in [2.05, 4.69) is 10.1 Å². The summed E-state index contributed by atoms with van der Waals surface area (Å²) in [6.45, 7) is 4.81. The normalized spacial score (nSPS) is 12.4. The number of hydrogen-bond acceptors (Lipinski definition) is 6. The van der Waals surface area contributed by atoms with Gasteiger partial charge in [-0.25, -0.2) is 9.78 Å². The highest BCUT2D eigenvalue weighted by atomic mass is 16.5. The van der Waals surface area contributed by atoms with Gasteiger partial charge in [0.15, 0.2) is 6.10 Å². The second-order valence-corrected chi connectivity index (χ2v) is 4.21. The van der Waals surface area contributed by atoms with Crippen molar-refractivity contribution in [2.45, 2.75) is 26.9 Å². The number of rotatable bonds is 3. The Bertz CT molecular complexity index is 662. The van der Waals surface area contributed by atoms with E-state index >= 15 is 0 Å². The summed E-state index contributed by atoms with van der Waals surface area (Å²) in [6, 6.07) is 1.56. The lowest BCUT2D eigenvalue weighted by Gasteiger charge is -2.10. The summed E-state index contributed by atoms with van der Waals surface area (Å²) in [7, 11) is 0. The third-order valence-corrected chi connectivity index (χ3v) is 2.65. The van der Waals surface area contributed by atoms with Gasteiger partial charge >= 0.3 is 5.97 Å². The second kappa shape index (κ2) is 4.68. The highest BCUT2D eigenvalue weighted by molar-refractivity contribution is 6.03. The van der Waals surface area contributed by atoms with Crippen LogP contribution in [0.2, 0.25) is 0 Å². The molecule has 2 rings (SSSR count). The summed E-state index contributed by atoms with van der Waals surface area (Å²) in [5, 5.41) is 4.24. The second-order valence-electron chi connectivity index (χ2n) is 4.21. The highest BCUT2D eigenvalue weighted by Crippen LogP contribution is 2.22. The Kier molecular flexibility index (Phi) is 3.20. The van der Waals surface area contributed by atoms with Gasteiger partial charge < -0.3 is 15.0 Å². The molecule has 0 bridgehead atoms. The first kappa shape index (κ1) is 13.0. The number of carbonyl (C=O) groups is 2. The smallest absolute Gasteiger partial charge is 0.339 e. The molecular weight excluding hydrogens is 250 g/mol. The standard InChI is InChI=1S/C12H13N3O4/c1-5-4-8(12(17)18-7(3)10(13)16)9-6(2)15-19-11(9)14-5/h4,7H,1-3H3,(H2,13,16)/t7-/m1/s1. The van der Waals surface area contributed by atoms with Crippen LogP contribution in [-0.4, -0.2) is 28.1 Å². The summed E-state index contributed by atoms with van der Waals surface area (Å²) >= 11 is 0. The zero-order valence-corrected chi connectivity index (χ0v) is 10.8. The van der Waals surface area contributed by atoms with Crippen LogP contribution in [-0.2, 0) is 9.53 Å². The number of carbonyl (C=O) groups excluding carboxylic acids is 2. The molecule has 1 atom stereocenters. The maximum atomic E-state index is 12.0. The fourth-order valence-corrected chi connectivity index (χ4v) is 1.66. The van der Waals surface area contributed by atoms with Crippen molar-refractivity contribution < 1.29 is 18.8 Å². The average molecular weight is 263 g/mol. The zero-order valence-electron chi connectivity index (χ0n) is 10.8. The first-order valence-corrected chi connectivity index (χ1v) is 5.64. The van der Waals surface area contributed by atoms with Crippen LogP contribution >= 0.6 is 0 Å². The van der Waals surface area contributed by atoms with Gasteiger partial charge in [0.1, 0.15) is 0 Å². The molecule has 19 heavy (non-hydrogen) atoms. The van der Waals surface area contributed by atoms with Crippen molar-refractivity contribution in [2.24, 2.45) is 5.73 Å². The fraction of sp³-hybridized carbons (Fsp3) is 0.333. The minimum Gasteiger partial charge on any atom is -0.449 e. The molecule has 7 heteroatoms. The Morgan fingerprint density at radius 2 is 2.11 bits per heavy atom. The SMILES string of the molecule is Cc1cc(C(=O)O[C@H](C)C(N)=O)c2c(C)noc2n1.